The van der Waals surface area contributed by atoms with Crippen LogP contribution in [0.15, 0.2) is 22.7 Å². The molecule has 1 aliphatic rings. The van der Waals surface area contributed by atoms with Gasteiger partial charge in [0.05, 0.1) is 17.4 Å². The summed E-state index contributed by atoms with van der Waals surface area (Å²) in [6.07, 6.45) is 0.290. The number of urea groups is 1. The van der Waals surface area contributed by atoms with E-state index in [-0.39, 0.29) is 23.2 Å². The van der Waals surface area contributed by atoms with Gasteiger partial charge in [-0.1, -0.05) is 15.9 Å². The van der Waals surface area contributed by atoms with Crippen molar-refractivity contribution >= 4 is 33.6 Å². The normalized spacial score (nSPS) is 19.4. The zero-order valence-corrected chi connectivity index (χ0v) is 13.1. The van der Waals surface area contributed by atoms with Crippen molar-refractivity contribution in [3.63, 3.8) is 0 Å². The van der Waals surface area contributed by atoms with E-state index in [1.807, 2.05) is 0 Å². The molecular weight excluding hydrogens is 340 g/mol. The Morgan fingerprint density at radius 2 is 2.19 bits per heavy atom. The lowest BCUT2D eigenvalue weighted by molar-refractivity contribution is 0.0698. The van der Waals surface area contributed by atoms with Gasteiger partial charge < -0.3 is 20.4 Å². The number of nitrogens with zero attached hydrogens (tertiary/aromatic N) is 1. The molecule has 3 N–H and O–H groups in total. The Morgan fingerprint density at radius 3 is 2.76 bits per heavy atom. The van der Waals surface area contributed by atoms with Gasteiger partial charge in [0.25, 0.3) is 0 Å². The van der Waals surface area contributed by atoms with Crippen molar-refractivity contribution in [3.8, 4) is 0 Å². The second-order valence-corrected chi connectivity index (χ2v) is 6.08. The van der Waals surface area contributed by atoms with Gasteiger partial charge in [-0.05, 0) is 31.5 Å². The lowest BCUT2D eigenvalue weighted by atomic mass is 10.0. The minimum Gasteiger partial charge on any atom is -0.478 e. The number of carbonyl (C=O) groups is 2. The summed E-state index contributed by atoms with van der Waals surface area (Å²) >= 11 is 3.26. The van der Waals surface area contributed by atoms with Crippen molar-refractivity contribution in [2.75, 3.05) is 18.4 Å². The first-order chi connectivity index (χ1) is 9.88. The molecule has 0 aromatic heterocycles. The number of aliphatic hydroxyl groups is 1. The smallest absolute Gasteiger partial charge is 0.337 e. The molecule has 1 aromatic carbocycles. The number of amides is 2. The summed E-state index contributed by atoms with van der Waals surface area (Å²) in [6, 6.07) is 4.26. The van der Waals surface area contributed by atoms with E-state index >= 15 is 0 Å². The van der Waals surface area contributed by atoms with Crippen molar-refractivity contribution in [1.82, 2.24) is 4.90 Å². The van der Waals surface area contributed by atoms with Gasteiger partial charge in [-0.3, -0.25) is 0 Å². The lowest BCUT2D eigenvalue weighted by Gasteiger charge is -2.19. The molecule has 2 atom stereocenters. The molecule has 0 radical (unpaired) electrons. The van der Waals surface area contributed by atoms with E-state index in [0.717, 1.165) is 6.42 Å². The fraction of sp³-hybridized carbons (Fsp3) is 0.429. The zero-order valence-electron chi connectivity index (χ0n) is 11.5. The Bertz CT molecular complexity index is 562. The molecule has 1 aromatic rings. The third-order valence-electron chi connectivity index (χ3n) is 3.65. The van der Waals surface area contributed by atoms with Crippen molar-refractivity contribution < 1.29 is 19.8 Å². The Labute approximate surface area is 130 Å². The van der Waals surface area contributed by atoms with Crippen molar-refractivity contribution in [1.29, 1.82) is 0 Å². The van der Waals surface area contributed by atoms with Gasteiger partial charge in [-0.15, -0.1) is 0 Å². The van der Waals surface area contributed by atoms with Crippen molar-refractivity contribution in [2.45, 2.75) is 19.4 Å². The van der Waals surface area contributed by atoms with Crippen LogP contribution >= 0.6 is 15.9 Å². The van der Waals surface area contributed by atoms with Crippen LogP contribution in [0.2, 0.25) is 0 Å². The SMILES string of the molecule is CC(O)C1CCN(C(=O)Nc2cc(Br)ccc2C(=O)O)C1. The van der Waals surface area contributed by atoms with Crippen LogP contribution in [0, 0.1) is 5.92 Å². The number of likely N-dealkylation sites (tertiary alicyclic amines) is 1. The molecule has 0 aliphatic carbocycles. The minimum absolute atomic E-state index is 0.0397. The monoisotopic (exact) mass is 356 g/mol. The van der Waals surface area contributed by atoms with Gasteiger partial charge in [-0.25, -0.2) is 9.59 Å². The van der Waals surface area contributed by atoms with Gasteiger partial charge in [0.2, 0.25) is 0 Å². The molecular formula is C14H17BrN2O4. The van der Waals surface area contributed by atoms with E-state index in [4.69, 9.17) is 5.11 Å². The highest BCUT2D eigenvalue weighted by Gasteiger charge is 2.29. The topological polar surface area (TPSA) is 89.9 Å². The number of benzene rings is 1. The third-order valence-corrected chi connectivity index (χ3v) is 4.14. The fourth-order valence-corrected chi connectivity index (χ4v) is 2.73. The molecule has 2 amide bonds. The molecule has 21 heavy (non-hydrogen) atoms. The maximum Gasteiger partial charge on any atom is 0.337 e. The molecule has 0 saturated carbocycles. The first kappa shape index (κ1) is 15.8. The Hall–Kier alpha value is -1.60. The van der Waals surface area contributed by atoms with Crippen LogP contribution in [-0.2, 0) is 0 Å². The molecule has 2 unspecified atom stereocenters. The average molecular weight is 357 g/mol. The molecule has 1 aliphatic heterocycles. The number of aromatic carboxylic acids is 1. The Kier molecular flexibility index (Phi) is 4.84. The highest BCUT2D eigenvalue weighted by Crippen LogP contribution is 2.24. The number of halogens is 1. The van der Waals surface area contributed by atoms with Crippen LogP contribution in [0.5, 0.6) is 0 Å². The van der Waals surface area contributed by atoms with Gasteiger partial charge >= 0.3 is 12.0 Å². The summed E-state index contributed by atoms with van der Waals surface area (Å²) in [5, 5.41) is 21.3. The Balaban J connectivity index is 2.10. The summed E-state index contributed by atoms with van der Waals surface area (Å²) in [5.41, 5.74) is 0.292. The molecule has 1 heterocycles. The van der Waals surface area contributed by atoms with Gasteiger partial charge in [0.1, 0.15) is 0 Å². The summed E-state index contributed by atoms with van der Waals surface area (Å²) in [5.74, 6) is -1.03. The minimum atomic E-state index is -1.10. The first-order valence-corrected chi connectivity index (χ1v) is 7.44. The number of hydrogen-bond donors (Lipinski definition) is 3. The van der Waals surface area contributed by atoms with Crippen LogP contribution in [0.1, 0.15) is 23.7 Å². The Morgan fingerprint density at radius 1 is 1.48 bits per heavy atom. The number of carboxylic acids is 1. The van der Waals surface area contributed by atoms with E-state index in [2.05, 4.69) is 21.2 Å². The third kappa shape index (κ3) is 3.74. The van der Waals surface area contributed by atoms with Crippen LogP contribution in [-0.4, -0.2) is 46.3 Å². The van der Waals surface area contributed by atoms with E-state index < -0.39 is 12.1 Å². The average Bonchev–Trinajstić information content (AvgIpc) is 2.88. The summed E-state index contributed by atoms with van der Waals surface area (Å²) in [6.45, 7) is 2.74. The molecule has 1 saturated heterocycles. The lowest BCUT2D eigenvalue weighted by Crippen LogP contribution is -2.34. The van der Waals surface area contributed by atoms with Crippen LogP contribution < -0.4 is 5.32 Å². The largest absolute Gasteiger partial charge is 0.478 e. The molecule has 1 fully saturated rings. The molecule has 7 heteroatoms. The second-order valence-electron chi connectivity index (χ2n) is 5.16. The molecule has 114 valence electrons. The molecule has 0 bridgehead atoms. The van der Waals surface area contributed by atoms with Gasteiger partial charge in [-0.2, -0.15) is 0 Å². The van der Waals surface area contributed by atoms with E-state index in [1.165, 1.54) is 6.07 Å². The predicted molar refractivity (Wildman–Crippen MR) is 81.5 cm³/mol. The molecule has 0 spiro atoms. The quantitative estimate of drug-likeness (QED) is 0.775. The maximum absolute atomic E-state index is 12.2. The van der Waals surface area contributed by atoms with Gasteiger partial charge in [0.15, 0.2) is 0 Å². The summed E-state index contributed by atoms with van der Waals surface area (Å²) < 4.78 is 0.686. The summed E-state index contributed by atoms with van der Waals surface area (Å²) in [4.78, 5) is 24.9. The van der Waals surface area contributed by atoms with E-state index in [9.17, 15) is 14.7 Å². The van der Waals surface area contributed by atoms with Crippen LogP contribution in [0.4, 0.5) is 10.5 Å². The zero-order chi connectivity index (χ0) is 15.6. The van der Waals surface area contributed by atoms with E-state index in [1.54, 1.807) is 24.0 Å². The van der Waals surface area contributed by atoms with Crippen LogP contribution in [0.25, 0.3) is 0 Å². The standard InChI is InChI=1S/C14H17BrN2O4/c1-8(18)9-4-5-17(7-9)14(21)16-12-6-10(15)2-3-11(12)13(19)20/h2-3,6,8-9,18H,4-5,7H2,1H3,(H,16,21)(H,19,20). The highest BCUT2D eigenvalue weighted by atomic mass is 79.9. The summed E-state index contributed by atoms with van der Waals surface area (Å²) in [7, 11) is 0. The molecule has 6 nitrogen and oxygen atoms in total. The van der Waals surface area contributed by atoms with Gasteiger partial charge in [0, 0.05) is 23.5 Å². The molecule has 2 rings (SSSR count). The number of aliphatic hydroxyl groups excluding tert-OH is 1. The fourth-order valence-electron chi connectivity index (χ4n) is 2.37. The number of hydrogen-bond acceptors (Lipinski definition) is 3. The second kappa shape index (κ2) is 6.44. The van der Waals surface area contributed by atoms with Crippen LogP contribution in [0.3, 0.4) is 0 Å². The number of rotatable bonds is 3. The number of nitrogens with one attached hydrogen (secondary N) is 1. The number of carboxylic acid groups (broad SMARTS) is 1. The predicted octanol–water partition coefficient (Wildman–Crippen LogP) is 2.38. The van der Waals surface area contributed by atoms with Crippen molar-refractivity contribution in [3.05, 3.63) is 28.2 Å². The maximum atomic E-state index is 12.2. The van der Waals surface area contributed by atoms with E-state index in [0.29, 0.717) is 17.6 Å². The van der Waals surface area contributed by atoms with Crippen molar-refractivity contribution in [2.24, 2.45) is 5.92 Å². The first-order valence-electron chi connectivity index (χ1n) is 6.65. The highest BCUT2D eigenvalue weighted by molar-refractivity contribution is 9.10. The number of anilines is 1. The number of carbonyl (C=O) groups excluding carboxylic acids is 1.